The van der Waals surface area contributed by atoms with Crippen molar-refractivity contribution in [2.75, 3.05) is 0 Å². The van der Waals surface area contributed by atoms with E-state index >= 15 is 0 Å². The zero-order chi connectivity index (χ0) is 8.77. The largest absolute Gasteiger partial charge is 0.451 e. The maximum absolute atomic E-state index is 12.0. The van der Waals surface area contributed by atoms with E-state index in [2.05, 4.69) is 9.97 Å². The van der Waals surface area contributed by atoms with Gasteiger partial charge in [0.15, 0.2) is 0 Å². The monoisotopic (exact) mass is 176 g/mol. The number of nitrogens with one attached hydrogen (secondary N) is 1. The average molecular weight is 176 g/mol. The van der Waals surface area contributed by atoms with Gasteiger partial charge < -0.3 is 0 Å². The summed E-state index contributed by atoms with van der Waals surface area (Å²) in [6, 6.07) is 0. The van der Waals surface area contributed by atoms with Crippen LogP contribution in [0.3, 0.4) is 0 Å². The van der Waals surface area contributed by atoms with Crippen molar-refractivity contribution in [2.45, 2.75) is 6.18 Å². The van der Waals surface area contributed by atoms with E-state index in [1.165, 1.54) is 12.4 Å². The van der Waals surface area contributed by atoms with Crippen molar-refractivity contribution in [3.63, 3.8) is 0 Å². The SMILES string of the molecule is FC(F)(F)c1nc2nccn2[nH]1. The number of halogens is 3. The molecule has 12 heavy (non-hydrogen) atoms. The molecule has 0 unspecified atom stereocenters. The molecule has 2 rings (SSSR count). The highest BCUT2D eigenvalue weighted by Crippen LogP contribution is 2.25. The molecule has 4 nitrogen and oxygen atoms in total. The summed E-state index contributed by atoms with van der Waals surface area (Å²) in [5.74, 6) is -1.02. The van der Waals surface area contributed by atoms with Crippen LogP contribution in [0.15, 0.2) is 12.4 Å². The number of fused-ring (bicyclic) bond motifs is 1. The predicted molar refractivity (Wildman–Crippen MR) is 32.3 cm³/mol. The van der Waals surface area contributed by atoms with E-state index in [1.807, 2.05) is 5.10 Å². The fourth-order valence-electron chi connectivity index (χ4n) is 0.831. The highest BCUT2D eigenvalue weighted by atomic mass is 19.4. The standard InChI is InChI=1S/C5H3F3N4/c6-5(7,8)3-10-4-9-1-2-12(4)11-3/h1-2H,(H,9,10,11). The molecular formula is C5H3F3N4. The molecule has 0 radical (unpaired) electrons. The average Bonchev–Trinajstić information content (AvgIpc) is 2.37. The van der Waals surface area contributed by atoms with Gasteiger partial charge in [0.2, 0.25) is 5.82 Å². The third-order valence-electron chi connectivity index (χ3n) is 1.33. The molecule has 0 saturated heterocycles. The molecule has 0 aliphatic carbocycles. The van der Waals surface area contributed by atoms with Crippen molar-refractivity contribution >= 4 is 5.78 Å². The molecule has 0 amide bonds. The molecule has 0 aromatic carbocycles. The second-order valence-corrected chi connectivity index (χ2v) is 2.17. The Hall–Kier alpha value is -1.53. The minimum Gasteiger partial charge on any atom is -0.271 e. The molecule has 7 heteroatoms. The van der Waals surface area contributed by atoms with Crippen LogP contribution in [-0.2, 0) is 6.18 Å². The molecule has 0 spiro atoms. The Labute approximate surface area is 64.0 Å². The molecule has 0 aliphatic heterocycles. The maximum Gasteiger partial charge on any atom is 0.451 e. The van der Waals surface area contributed by atoms with Gasteiger partial charge in [0.25, 0.3) is 5.78 Å². The van der Waals surface area contributed by atoms with Crippen molar-refractivity contribution in [2.24, 2.45) is 0 Å². The van der Waals surface area contributed by atoms with Crippen molar-refractivity contribution in [1.82, 2.24) is 19.6 Å². The van der Waals surface area contributed by atoms with Gasteiger partial charge in [-0.05, 0) is 0 Å². The van der Waals surface area contributed by atoms with Crippen LogP contribution in [-0.4, -0.2) is 19.6 Å². The number of imidazole rings is 1. The van der Waals surface area contributed by atoms with E-state index in [4.69, 9.17) is 0 Å². The van der Waals surface area contributed by atoms with Gasteiger partial charge in [-0.3, -0.25) is 5.10 Å². The third-order valence-corrected chi connectivity index (χ3v) is 1.33. The summed E-state index contributed by atoms with van der Waals surface area (Å²) in [7, 11) is 0. The van der Waals surface area contributed by atoms with E-state index in [0.29, 0.717) is 0 Å². The topological polar surface area (TPSA) is 46.0 Å². The Morgan fingerprint density at radius 1 is 1.42 bits per heavy atom. The highest BCUT2D eigenvalue weighted by Gasteiger charge is 2.35. The lowest BCUT2D eigenvalue weighted by atomic mass is 10.6. The minimum atomic E-state index is -4.44. The van der Waals surface area contributed by atoms with Gasteiger partial charge in [-0.1, -0.05) is 0 Å². The van der Waals surface area contributed by atoms with E-state index in [9.17, 15) is 13.2 Å². The Morgan fingerprint density at radius 3 is 2.75 bits per heavy atom. The van der Waals surface area contributed by atoms with Crippen LogP contribution in [0.4, 0.5) is 13.2 Å². The Balaban J connectivity index is 2.59. The second-order valence-electron chi connectivity index (χ2n) is 2.17. The van der Waals surface area contributed by atoms with E-state index in [1.54, 1.807) is 0 Å². The summed E-state index contributed by atoms with van der Waals surface area (Å²) in [5.41, 5.74) is 0. The second kappa shape index (κ2) is 1.99. The van der Waals surface area contributed by atoms with Crippen molar-refractivity contribution in [1.29, 1.82) is 0 Å². The lowest BCUT2D eigenvalue weighted by Crippen LogP contribution is -2.07. The van der Waals surface area contributed by atoms with Crippen LogP contribution >= 0.6 is 0 Å². The van der Waals surface area contributed by atoms with Crippen molar-refractivity contribution in [3.05, 3.63) is 18.2 Å². The number of hydrogen-bond donors (Lipinski definition) is 1. The van der Waals surface area contributed by atoms with Gasteiger partial charge >= 0.3 is 6.18 Å². The number of H-pyrrole nitrogens is 1. The van der Waals surface area contributed by atoms with E-state index < -0.39 is 12.0 Å². The van der Waals surface area contributed by atoms with Crippen LogP contribution in [0, 0.1) is 0 Å². The van der Waals surface area contributed by atoms with E-state index in [0.717, 1.165) is 4.52 Å². The Bertz CT molecular complexity index is 369. The number of aromatic amines is 1. The molecule has 64 valence electrons. The number of rotatable bonds is 0. The first-order valence-corrected chi connectivity index (χ1v) is 3.03. The van der Waals surface area contributed by atoms with Crippen molar-refractivity contribution < 1.29 is 13.2 Å². The zero-order valence-corrected chi connectivity index (χ0v) is 5.63. The number of nitrogens with zero attached hydrogens (tertiary/aromatic N) is 3. The molecule has 2 aromatic rings. The molecule has 0 fully saturated rings. The summed E-state index contributed by atoms with van der Waals surface area (Å²) in [4.78, 5) is 6.79. The molecule has 1 N–H and O–H groups in total. The molecular weight excluding hydrogens is 173 g/mol. The molecule has 0 aliphatic rings. The first kappa shape index (κ1) is 7.14. The lowest BCUT2D eigenvalue weighted by molar-refractivity contribution is -0.144. The highest BCUT2D eigenvalue weighted by molar-refractivity contribution is 5.26. The van der Waals surface area contributed by atoms with Gasteiger partial charge in [0, 0.05) is 12.4 Å². The third kappa shape index (κ3) is 0.936. The van der Waals surface area contributed by atoms with E-state index in [-0.39, 0.29) is 5.78 Å². The molecule has 0 saturated carbocycles. The smallest absolute Gasteiger partial charge is 0.271 e. The van der Waals surface area contributed by atoms with Gasteiger partial charge in [-0.15, -0.1) is 0 Å². The summed E-state index contributed by atoms with van der Waals surface area (Å²) < 4.78 is 37.0. The predicted octanol–water partition coefficient (Wildman–Crippen LogP) is 1.08. The van der Waals surface area contributed by atoms with Gasteiger partial charge in [0.05, 0.1) is 0 Å². The number of aromatic nitrogens is 4. The summed E-state index contributed by atoms with van der Waals surface area (Å²) in [5, 5.41) is 2.03. The van der Waals surface area contributed by atoms with Crippen LogP contribution < -0.4 is 0 Å². The fraction of sp³-hybridized carbons (Fsp3) is 0.200. The zero-order valence-electron chi connectivity index (χ0n) is 5.63. The Morgan fingerprint density at radius 2 is 2.17 bits per heavy atom. The molecule has 2 heterocycles. The molecule has 0 bridgehead atoms. The number of alkyl halides is 3. The number of hydrogen-bond acceptors (Lipinski definition) is 2. The van der Waals surface area contributed by atoms with Gasteiger partial charge in [-0.2, -0.15) is 18.2 Å². The van der Waals surface area contributed by atoms with Gasteiger partial charge in [0.1, 0.15) is 0 Å². The Kier molecular flexibility index (Phi) is 1.18. The van der Waals surface area contributed by atoms with Crippen LogP contribution in [0.5, 0.6) is 0 Å². The minimum absolute atomic E-state index is 0.0160. The maximum atomic E-state index is 12.0. The normalized spacial score (nSPS) is 12.6. The quantitative estimate of drug-likeness (QED) is 0.652. The summed E-state index contributed by atoms with van der Waals surface area (Å²) in [6.45, 7) is 0. The lowest BCUT2D eigenvalue weighted by Gasteiger charge is -1.98. The van der Waals surface area contributed by atoms with Crippen LogP contribution in [0.2, 0.25) is 0 Å². The fourth-order valence-corrected chi connectivity index (χ4v) is 0.831. The molecule has 0 atom stereocenters. The first-order valence-electron chi connectivity index (χ1n) is 3.03. The summed E-state index contributed by atoms with van der Waals surface area (Å²) >= 11 is 0. The van der Waals surface area contributed by atoms with Crippen LogP contribution in [0.25, 0.3) is 5.78 Å². The summed E-state index contributed by atoms with van der Waals surface area (Å²) in [6.07, 6.45) is -1.72. The van der Waals surface area contributed by atoms with Crippen LogP contribution in [0.1, 0.15) is 5.82 Å². The van der Waals surface area contributed by atoms with Gasteiger partial charge in [-0.25, -0.2) is 9.50 Å². The molecule has 2 aromatic heterocycles. The first-order chi connectivity index (χ1) is 5.57. The van der Waals surface area contributed by atoms with Crippen molar-refractivity contribution in [3.8, 4) is 0 Å².